The van der Waals surface area contributed by atoms with E-state index in [0.29, 0.717) is 0 Å². The molecule has 26 nitrogen and oxygen atoms in total. The molecule has 10 rings (SSSR count). The average Bonchev–Trinajstić information content (AvgIpc) is 1.50. The second-order valence-electron chi connectivity index (χ2n) is 26.8. The number of aliphatic hydroxyl groups excluding tert-OH is 4. The van der Waals surface area contributed by atoms with Gasteiger partial charge in [-0.3, -0.25) is 38.4 Å². The predicted molar refractivity (Wildman–Crippen MR) is 363 cm³/mol. The van der Waals surface area contributed by atoms with Gasteiger partial charge < -0.3 is 89.4 Å². The summed E-state index contributed by atoms with van der Waals surface area (Å²) in [6, 6.07) is 1.06. The minimum absolute atomic E-state index is 0.00885. The first-order chi connectivity index (χ1) is 46.7. The van der Waals surface area contributed by atoms with Crippen molar-refractivity contribution in [3.05, 3.63) is 123 Å². The molecule has 0 saturated carbocycles. The number of phenolic OH excluding ortho intramolecular Hbond substituents is 4. The van der Waals surface area contributed by atoms with Crippen LogP contribution >= 0.6 is 0 Å². The van der Waals surface area contributed by atoms with Gasteiger partial charge in [-0.15, -0.1) is 0 Å². The van der Waals surface area contributed by atoms with Crippen LogP contribution in [0.25, 0.3) is 10.8 Å². The van der Waals surface area contributed by atoms with E-state index in [9.17, 15) is 79.2 Å². The Morgan fingerprint density at radius 3 is 1.37 bits per heavy atom. The van der Waals surface area contributed by atoms with Crippen LogP contribution in [0.2, 0.25) is 0 Å². The van der Waals surface area contributed by atoms with Gasteiger partial charge in [-0.1, -0.05) is 91.8 Å². The van der Waals surface area contributed by atoms with Crippen molar-refractivity contribution in [1.82, 2.24) is 5.32 Å². The number of carbonyl (C=O) groups is 8. The largest absolute Gasteiger partial charge is 0.507 e. The van der Waals surface area contributed by atoms with E-state index in [0.717, 1.165) is 18.4 Å². The van der Waals surface area contributed by atoms with Gasteiger partial charge in [-0.2, -0.15) is 0 Å². The van der Waals surface area contributed by atoms with Crippen molar-refractivity contribution < 1.29 is 117 Å². The highest BCUT2D eigenvalue weighted by molar-refractivity contribution is 6.31. The summed E-state index contributed by atoms with van der Waals surface area (Å²) in [5.74, 6) is -17.0. The first kappa shape index (κ1) is 78.2. The van der Waals surface area contributed by atoms with Crippen molar-refractivity contribution in [1.29, 1.82) is 0 Å². The number of nitrogens with one attached hydrogen (secondary N) is 2. The third kappa shape index (κ3) is 15.4. The zero-order valence-electron chi connectivity index (χ0n) is 59.3. The highest BCUT2D eigenvalue weighted by atomic mass is 16.7. The van der Waals surface area contributed by atoms with Crippen molar-refractivity contribution in [2.24, 2.45) is 47.3 Å². The fraction of sp³-hybridized carbons (Fsp3) is 0.486. The van der Waals surface area contributed by atoms with Crippen LogP contribution in [0.1, 0.15) is 149 Å². The molecule has 0 spiro atoms. The van der Waals surface area contributed by atoms with E-state index in [1.807, 2.05) is 0 Å². The molecule has 2 amide bonds. The molecule has 100 heavy (non-hydrogen) atoms. The van der Waals surface area contributed by atoms with Crippen LogP contribution in [0, 0.1) is 61.2 Å². The smallest absolute Gasteiger partial charge is 0.312 e. The van der Waals surface area contributed by atoms with E-state index < -0.39 is 189 Å². The standard InChI is InChI=1S/C37H47NO12.C37H45NO12/c2*1-16-11-10-12-17(2)36(46)38-23-15-24(40)26-27(32(23)44)31(43)21(6)34-28(26)35(45)37(8,50-34)48-14-13-25(47-9)18(3)33(49-22(7)39)20(5)30(42)19(4)29(16)41/h10-16,18-20,25,29-30,33,40-44H,1-9H3,(H,38,46);10-16,18-20,25,29-30,33,41-43H,1-9H3,(H,38,46)/b2*11-10+,14-13+,17-12-. The number of hydrogen-bond acceptors (Lipinski definition) is 24. The number of esters is 2. The molecular formula is C74H92N2O24. The van der Waals surface area contributed by atoms with E-state index in [-0.39, 0.29) is 66.9 Å². The second-order valence-corrected chi connectivity index (χ2v) is 26.8. The molecule has 7 aliphatic rings. The maximum Gasteiger partial charge on any atom is 0.312 e. The number of phenols is 4. The topological polar surface area (TPSA) is 396 Å². The Balaban J connectivity index is 0.000000281. The van der Waals surface area contributed by atoms with E-state index in [1.165, 1.54) is 100 Å². The number of aromatic hydroxyl groups is 4. The zero-order valence-corrected chi connectivity index (χ0v) is 59.3. The quantitative estimate of drug-likeness (QED) is 0.0665. The summed E-state index contributed by atoms with van der Waals surface area (Å²) in [4.78, 5) is 105. The van der Waals surface area contributed by atoms with Crippen LogP contribution in [-0.2, 0) is 47.6 Å². The number of amides is 2. The summed E-state index contributed by atoms with van der Waals surface area (Å²) < 4.78 is 46.3. The van der Waals surface area contributed by atoms with Crippen molar-refractivity contribution in [3.8, 4) is 34.5 Å². The molecule has 6 aliphatic heterocycles. The van der Waals surface area contributed by atoms with Crippen LogP contribution in [0.4, 0.5) is 5.69 Å². The van der Waals surface area contributed by atoms with Crippen LogP contribution in [-0.4, -0.2) is 162 Å². The molecular weight excluding hydrogens is 1300 g/mol. The Morgan fingerprint density at radius 2 is 0.930 bits per heavy atom. The second kappa shape index (κ2) is 31.2. The number of ether oxygens (including phenoxy) is 8. The van der Waals surface area contributed by atoms with Gasteiger partial charge >= 0.3 is 23.5 Å². The summed E-state index contributed by atoms with van der Waals surface area (Å²) in [6.07, 6.45) is 7.93. The van der Waals surface area contributed by atoms with Crippen molar-refractivity contribution in [2.45, 2.75) is 171 Å². The number of Topliss-reactive ketones (excluding diaryl/α,β-unsaturated/α-hetero) is 3. The number of hydrogen-bond donors (Lipinski definition) is 10. The number of benzene rings is 3. The van der Waals surface area contributed by atoms with Gasteiger partial charge in [-0.05, 0) is 39.8 Å². The molecule has 3 aromatic carbocycles. The lowest BCUT2D eigenvalue weighted by atomic mass is 9.78. The van der Waals surface area contributed by atoms with Gasteiger partial charge in [-0.25, -0.2) is 0 Å². The van der Waals surface area contributed by atoms with Gasteiger partial charge in [0.2, 0.25) is 5.78 Å². The van der Waals surface area contributed by atoms with Crippen LogP contribution in [0.15, 0.2) is 90.1 Å². The highest BCUT2D eigenvalue weighted by Gasteiger charge is 2.53. The van der Waals surface area contributed by atoms with E-state index >= 15 is 0 Å². The maximum atomic E-state index is 13.9. The Morgan fingerprint density at radius 1 is 0.510 bits per heavy atom. The number of carbonyl (C=O) groups excluding carboxylic acids is 8. The monoisotopic (exact) mass is 1390 g/mol. The molecule has 3 aromatic rings. The molecule has 0 radical (unpaired) electrons. The summed E-state index contributed by atoms with van der Waals surface area (Å²) in [5.41, 5.74) is -1.40. The molecule has 542 valence electrons. The fourth-order valence-electron chi connectivity index (χ4n) is 13.3. The summed E-state index contributed by atoms with van der Waals surface area (Å²) in [6.45, 7) is 24.8. The summed E-state index contributed by atoms with van der Waals surface area (Å²) in [7, 11) is 2.85. The van der Waals surface area contributed by atoms with Crippen molar-refractivity contribution >= 4 is 63.3 Å². The van der Waals surface area contributed by atoms with E-state index in [4.69, 9.17) is 37.9 Å². The lowest BCUT2D eigenvalue weighted by Crippen LogP contribution is -2.46. The molecule has 0 saturated heterocycles. The van der Waals surface area contributed by atoms with E-state index in [1.54, 1.807) is 79.7 Å². The lowest BCUT2D eigenvalue weighted by Gasteiger charge is -2.38. The summed E-state index contributed by atoms with van der Waals surface area (Å²) >= 11 is 0. The van der Waals surface area contributed by atoms with E-state index in [2.05, 4.69) is 10.6 Å². The minimum atomic E-state index is -2.03. The Labute approximate surface area is 579 Å². The van der Waals surface area contributed by atoms with Crippen molar-refractivity contribution in [2.75, 3.05) is 19.5 Å². The number of methoxy groups -OCH3 is 2. The molecule has 0 fully saturated rings. The molecule has 6 heterocycles. The molecule has 10 bridgehead atoms. The van der Waals surface area contributed by atoms with Gasteiger partial charge in [0.1, 0.15) is 41.0 Å². The number of anilines is 1. The lowest BCUT2D eigenvalue weighted by molar-refractivity contribution is -0.161. The Kier molecular flexibility index (Phi) is 24.3. The Bertz CT molecular complexity index is 3990. The van der Waals surface area contributed by atoms with Crippen LogP contribution < -0.4 is 20.1 Å². The van der Waals surface area contributed by atoms with Gasteiger partial charge in [0.15, 0.2) is 11.5 Å². The average molecular weight is 1390 g/mol. The van der Waals surface area contributed by atoms with Gasteiger partial charge in [0.05, 0.1) is 88.2 Å². The summed E-state index contributed by atoms with van der Waals surface area (Å²) in [5, 5.41) is 94.2. The maximum absolute atomic E-state index is 13.9. The number of allylic oxidation sites excluding steroid dienone is 6. The molecule has 1 aliphatic carbocycles. The highest BCUT2D eigenvalue weighted by Crippen LogP contribution is 2.54. The third-order valence-electron chi connectivity index (χ3n) is 19.6. The minimum Gasteiger partial charge on any atom is -0.507 e. The molecule has 18 atom stereocenters. The van der Waals surface area contributed by atoms with Crippen molar-refractivity contribution in [3.63, 3.8) is 0 Å². The number of aliphatic hydroxyl groups is 4. The number of fused-ring (bicyclic) bond motifs is 28. The third-order valence-corrected chi connectivity index (χ3v) is 19.6. The van der Waals surface area contributed by atoms with Gasteiger partial charge in [0.25, 0.3) is 23.4 Å². The van der Waals surface area contributed by atoms with Gasteiger partial charge in [0, 0.05) is 129 Å². The molecule has 18 unspecified atom stereocenters. The van der Waals surface area contributed by atoms with Crippen LogP contribution in [0.5, 0.6) is 34.5 Å². The number of ketones is 4. The first-order valence-corrected chi connectivity index (χ1v) is 32.8. The molecule has 26 heteroatoms. The predicted octanol–water partition coefficient (Wildman–Crippen LogP) is 8.38. The Hall–Kier alpha value is -9.18. The van der Waals surface area contributed by atoms with Crippen LogP contribution in [0.3, 0.4) is 0 Å². The fourth-order valence-corrected chi connectivity index (χ4v) is 13.3. The molecule has 0 aromatic heterocycles. The normalized spacial score (nSPS) is 33.8. The first-order valence-electron chi connectivity index (χ1n) is 32.8. The molecule has 10 N–H and O–H groups in total. The SMILES string of the molecule is COC1/C=C/OC2(C)Oc3c(C)c(O)c4c(O)c(cc(O)c4c3C2=O)NC(=O)/C(C)=C\C=C\C(C)C(O)C(C)C(O)C(C)C(OC(C)=O)C1C.COC1/C=C/OC2(C)Oc3c(C)c(O)c4c(c3C2=O)C(=O)C=C(NC(=O)/C(C)=C\C=C\C(C)C(O)C(C)C(O)C(C)C(OC(C)=O)C1C)C4=O. The number of rotatable bonds is 4. The zero-order chi connectivity index (χ0) is 74.8.